The lowest BCUT2D eigenvalue weighted by Crippen LogP contribution is -2.35. The van der Waals surface area contributed by atoms with Crippen molar-refractivity contribution in [3.8, 4) is 0 Å². The zero-order valence-electron chi connectivity index (χ0n) is 9.22. The summed E-state index contributed by atoms with van der Waals surface area (Å²) in [6, 6.07) is 0.444. The molecule has 0 amide bonds. The summed E-state index contributed by atoms with van der Waals surface area (Å²) in [5.41, 5.74) is 0. The average molecular weight is 219 g/mol. The zero-order chi connectivity index (χ0) is 10.9. The van der Waals surface area contributed by atoms with Crippen LogP contribution in [0.2, 0.25) is 0 Å². The van der Waals surface area contributed by atoms with Gasteiger partial charge < -0.3 is 9.64 Å². The van der Waals surface area contributed by atoms with Gasteiger partial charge in [0.2, 0.25) is 5.92 Å². The Morgan fingerprint density at radius 3 is 2.73 bits per heavy atom. The Morgan fingerprint density at radius 2 is 2.20 bits per heavy atom. The molecule has 15 heavy (non-hydrogen) atoms. The summed E-state index contributed by atoms with van der Waals surface area (Å²) in [6.07, 6.45) is 1.86. The molecule has 2 atom stereocenters. The number of nitrogens with zero attached hydrogens (tertiary/aromatic N) is 1. The number of ether oxygens (including phenoxy) is 1. The number of hydrogen-bond donors (Lipinski definition) is 0. The van der Waals surface area contributed by atoms with Gasteiger partial charge >= 0.3 is 0 Å². The largest absolute Gasteiger partial charge is 0.380 e. The van der Waals surface area contributed by atoms with Crippen LogP contribution in [0.3, 0.4) is 0 Å². The van der Waals surface area contributed by atoms with Gasteiger partial charge in [0.25, 0.3) is 0 Å². The quantitative estimate of drug-likeness (QED) is 0.721. The van der Waals surface area contributed by atoms with Gasteiger partial charge in [-0.25, -0.2) is 8.78 Å². The van der Waals surface area contributed by atoms with Crippen LogP contribution in [-0.2, 0) is 4.74 Å². The van der Waals surface area contributed by atoms with E-state index < -0.39 is 5.92 Å². The molecule has 1 aliphatic heterocycles. The second kappa shape index (κ2) is 4.34. The van der Waals surface area contributed by atoms with Gasteiger partial charge in [0, 0.05) is 32.0 Å². The monoisotopic (exact) mass is 219 g/mol. The van der Waals surface area contributed by atoms with E-state index in [1.807, 2.05) is 7.05 Å². The summed E-state index contributed by atoms with van der Waals surface area (Å²) in [5.74, 6) is -2.23. The molecule has 0 bridgehead atoms. The highest BCUT2D eigenvalue weighted by Gasteiger charge is 2.40. The molecule has 0 spiro atoms. The molecular formula is C11H19F2NO. The molecule has 1 saturated heterocycles. The van der Waals surface area contributed by atoms with Crippen LogP contribution in [-0.4, -0.2) is 43.7 Å². The van der Waals surface area contributed by atoms with Crippen molar-refractivity contribution in [1.29, 1.82) is 0 Å². The molecule has 2 nitrogen and oxygen atoms in total. The van der Waals surface area contributed by atoms with Crippen LogP contribution >= 0.6 is 0 Å². The minimum Gasteiger partial charge on any atom is -0.380 e. The topological polar surface area (TPSA) is 12.5 Å². The molecule has 0 radical (unpaired) electrons. The Bertz CT molecular complexity index is 217. The zero-order valence-corrected chi connectivity index (χ0v) is 9.22. The van der Waals surface area contributed by atoms with Gasteiger partial charge in [-0.1, -0.05) is 0 Å². The first-order valence-electron chi connectivity index (χ1n) is 5.73. The van der Waals surface area contributed by atoms with Crippen molar-refractivity contribution in [2.75, 3.05) is 26.8 Å². The van der Waals surface area contributed by atoms with Crippen molar-refractivity contribution in [1.82, 2.24) is 4.90 Å². The third kappa shape index (κ3) is 2.88. The molecule has 0 aromatic rings. The maximum absolute atomic E-state index is 13.0. The molecule has 1 aliphatic carbocycles. The second-order valence-corrected chi connectivity index (χ2v) is 4.92. The van der Waals surface area contributed by atoms with Gasteiger partial charge in [0.05, 0.1) is 6.61 Å². The Morgan fingerprint density at radius 1 is 1.40 bits per heavy atom. The first-order valence-corrected chi connectivity index (χ1v) is 5.73. The Hall–Kier alpha value is -0.220. The summed E-state index contributed by atoms with van der Waals surface area (Å²) in [7, 11) is 2.02. The summed E-state index contributed by atoms with van der Waals surface area (Å²) in [5, 5.41) is 0. The molecule has 1 heterocycles. The van der Waals surface area contributed by atoms with E-state index >= 15 is 0 Å². The first-order chi connectivity index (χ1) is 7.07. The maximum atomic E-state index is 13.0. The lowest BCUT2D eigenvalue weighted by atomic mass is 10.1. The van der Waals surface area contributed by atoms with Gasteiger partial charge in [-0.2, -0.15) is 0 Å². The molecular weight excluding hydrogens is 200 g/mol. The lowest BCUT2D eigenvalue weighted by Gasteiger charge is -2.25. The summed E-state index contributed by atoms with van der Waals surface area (Å²) < 4.78 is 31.3. The number of halogens is 2. The van der Waals surface area contributed by atoms with E-state index in [-0.39, 0.29) is 18.8 Å². The third-order valence-electron chi connectivity index (χ3n) is 3.58. The molecule has 0 unspecified atom stereocenters. The van der Waals surface area contributed by atoms with Crippen molar-refractivity contribution < 1.29 is 13.5 Å². The Labute approximate surface area is 89.6 Å². The standard InChI is InChI=1S/C11H19F2NO/c1-14(10-3-5-15-8-10)7-9-2-4-11(12,13)6-9/h9-10H,2-8H2,1H3/t9-,10-/m1/s1. The highest BCUT2D eigenvalue weighted by Crippen LogP contribution is 2.39. The van der Waals surface area contributed by atoms with E-state index in [0.29, 0.717) is 12.5 Å². The smallest absolute Gasteiger partial charge is 0.248 e. The third-order valence-corrected chi connectivity index (χ3v) is 3.58. The minimum atomic E-state index is -2.41. The van der Waals surface area contributed by atoms with Gasteiger partial charge in [-0.05, 0) is 25.8 Å². The number of likely N-dealkylation sites (N-methyl/N-ethyl adjacent to an activating group) is 1. The van der Waals surface area contributed by atoms with Gasteiger partial charge in [-0.15, -0.1) is 0 Å². The van der Waals surface area contributed by atoms with Crippen LogP contribution in [0, 0.1) is 5.92 Å². The number of rotatable bonds is 3. The number of alkyl halides is 2. The van der Waals surface area contributed by atoms with Gasteiger partial charge in [0.15, 0.2) is 0 Å². The van der Waals surface area contributed by atoms with E-state index in [2.05, 4.69) is 4.90 Å². The van der Waals surface area contributed by atoms with Crippen molar-refractivity contribution in [3.05, 3.63) is 0 Å². The van der Waals surface area contributed by atoms with Crippen LogP contribution in [0.1, 0.15) is 25.7 Å². The van der Waals surface area contributed by atoms with Crippen molar-refractivity contribution in [2.24, 2.45) is 5.92 Å². The highest BCUT2D eigenvalue weighted by atomic mass is 19.3. The fourth-order valence-electron chi connectivity index (χ4n) is 2.62. The predicted molar refractivity (Wildman–Crippen MR) is 54.1 cm³/mol. The van der Waals surface area contributed by atoms with E-state index in [4.69, 9.17) is 4.74 Å². The maximum Gasteiger partial charge on any atom is 0.248 e. The average Bonchev–Trinajstić information content (AvgIpc) is 2.74. The Kier molecular flexibility index (Phi) is 3.26. The van der Waals surface area contributed by atoms with E-state index in [1.165, 1.54) is 0 Å². The van der Waals surface area contributed by atoms with Crippen LogP contribution in [0.15, 0.2) is 0 Å². The molecule has 2 fully saturated rings. The van der Waals surface area contributed by atoms with Gasteiger partial charge in [0.1, 0.15) is 0 Å². The van der Waals surface area contributed by atoms with E-state index in [1.54, 1.807) is 0 Å². The Balaban J connectivity index is 1.77. The second-order valence-electron chi connectivity index (χ2n) is 4.92. The summed E-state index contributed by atoms with van der Waals surface area (Å²) in [4.78, 5) is 2.19. The van der Waals surface area contributed by atoms with Crippen molar-refractivity contribution in [2.45, 2.75) is 37.6 Å². The highest BCUT2D eigenvalue weighted by molar-refractivity contribution is 4.84. The van der Waals surface area contributed by atoms with Gasteiger partial charge in [-0.3, -0.25) is 0 Å². The fraction of sp³-hybridized carbons (Fsp3) is 1.00. The van der Waals surface area contributed by atoms with E-state index in [9.17, 15) is 8.78 Å². The molecule has 0 aromatic heterocycles. The van der Waals surface area contributed by atoms with Crippen LogP contribution in [0.25, 0.3) is 0 Å². The van der Waals surface area contributed by atoms with Crippen LogP contribution < -0.4 is 0 Å². The van der Waals surface area contributed by atoms with Crippen LogP contribution in [0.4, 0.5) is 8.78 Å². The first kappa shape index (κ1) is 11.3. The van der Waals surface area contributed by atoms with Crippen molar-refractivity contribution in [3.63, 3.8) is 0 Å². The van der Waals surface area contributed by atoms with Crippen molar-refractivity contribution >= 4 is 0 Å². The molecule has 0 N–H and O–H groups in total. The summed E-state index contributed by atoms with van der Waals surface area (Å²) >= 11 is 0. The molecule has 4 heteroatoms. The number of hydrogen-bond acceptors (Lipinski definition) is 2. The molecule has 0 aromatic carbocycles. The SMILES string of the molecule is CN(C[C@@H]1CCC(F)(F)C1)[C@@H]1CCOC1. The molecule has 2 rings (SSSR count). The van der Waals surface area contributed by atoms with Crippen LogP contribution in [0.5, 0.6) is 0 Å². The summed E-state index contributed by atoms with van der Waals surface area (Å²) in [6.45, 7) is 2.37. The lowest BCUT2D eigenvalue weighted by molar-refractivity contribution is 0.00315. The van der Waals surface area contributed by atoms with E-state index in [0.717, 1.165) is 26.2 Å². The molecule has 2 aliphatic rings. The molecule has 88 valence electrons. The normalized spacial score (nSPS) is 35.2. The molecule has 1 saturated carbocycles. The predicted octanol–water partition coefficient (Wildman–Crippen LogP) is 2.14. The minimum absolute atomic E-state index is 0.0743. The fourth-order valence-corrected chi connectivity index (χ4v) is 2.62.